The van der Waals surface area contributed by atoms with E-state index in [0.29, 0.717) is 49.4 Å². The maximum atomic E-state index is 12.5. The number of benzene rings is 1. The molecule has 1 atom stereocenters. The van der Waals surface area contributed by atoms with Crippen molar-refractivity contribution < 1.29 is 9.72 Å². The van der Waals surface area contributed by atoms with Gasteiger partial charge in [-0.25, -0.2) is 4.79 Å². The summed E-state index contributed by atoms with van der Waals surface area (Å²) < 4.78 is 0. The number of carbonyl (C=O) groups excluding carboxylic acids is 1. The van der Waals surface area contributed by atoms with E-state index in [0.717, 1.165) is 0 Å². The van der Waals surface area contributed by atoms with Crippen LogP contribution in [0.2, 0.25) is 5.02 Å². The van der Waals surface area contributed by atoms with E-state index in [9.17, 15) is 14.9 Å². The third kappa shape index (κ3) is 5.46. The predicted molar refractivity (Wildman–Crippen MR) is 108 cm³/mol. The number of carbonyl (C=O) groups is 1. The van der Waals surface area contributed by atoms with Gasteiger partial charge in [0.1, 0.15) is 5.69 Å². The Balaban J connectivity index is 1.94. The summed E-state index contributed by atoms with van der Waals surface area (Å²) >= 11 is 5.88. The molecule has 1 unspecified atom stereocenters. The number of halogens is 1. The van der Waals surface area contributed by atoms with Gasteiger partial charge in [0.05, 0.1) is 4.92 Å². The van der Waals surface area contributed by atoms with E-state index in [-0.39, 0.29) is 17.8 Å². The van der Waals surface area contributed by atoms with Gasteiger partial charge < -0.3 is 20.0 Å². The minimum absolute atomic E-state index is 0.00819. The number of piperazine rings is 1. The molecule has 1 saturated heterocycles. The molecule has 1 N–H and O–H groups in total. The van der Waals surface area contributed by atoms with Gasteiger partial charge in [0, 0.05) is 49.9 Å². The minimum Gasteiger partial charge on any atom is -0.362 e. The molecular weight excluding hydrogens is 370 g/mol. The lowest BCUT2D eigenvalue weighted by atomic mass is 10.0. The molecule has 1 aromatic rings. The molecule has 2 rings (SSSR count). The number of anilines is 1. The Bertz CT molecular complexity index is 667. The van der Waals surface area contributed by atoms with Crippen LogP contribution in [0.1, 0.15) is 13.8 Å². The van der Waals surface area contributed by atoms with Gasteiger partial charge in [0.25, 0.3) is 5.69 Å². The average molecular weight is 398 g/mol. The summed E-state index contributed by atoms with van der Waals surface area (Å²) in [5, 5.41) is 14.6. The van der Waals surface area contributed by atoms with E-state index >= 15 is 0 Å². The first-order valence-electron chi connectivity index (χ1n) is 9.08. The molecule has 0 spiro atoms. The summed E-state index contributed by atoms with van der Waals surface area (Å²) in [6.45, 7) is 6.96. The summed E-state index contributed by atoms with van der Waals surface area (Å²) in [6.07, 6.45) is 0. The van der Waals surface area contributed by atoms with Crippen LogP contribution in [0.5, 0.6) is 0 Å². The highest BCUT2D eigenvalue weighted by Gasteiger charge is 2.26. The fourth-order valence-corrected chi connectivity index (χ4v) is 3.55. The Labute approximate surface area is 165 Å². The molecule has 1 heterocycles. The monoisotopic (exact) mass is 397 g/mol. The Morgan fingerprint density at radius 3 is 2.44 bits per heavy atom. The first kappa shape index (κ1) is 21.2. The van der Waals surface area contributed by atoms with Crippen LogP contribution in [0, 0.1) is 16.0 Å². The molecule has 27 heavy (non-hydrogen) atoms. The van der Waals surface area contributed by atoms with Crippen molar-refractivity contribution in [2.75, 3.05) is 51.7 Å². The number of rotatable bonds is 6. The fraction of sp³-hybridized carbons (Fsp3) is 0.611. The highest BCUT2D eigenvalue weighted by molar-refractivity contribution is 6.30. The average Bonchev–Trinajstić information content (AvgIpc) is 2.61. The van der Waals surface area contributed by atoms with Crippen LogP contribution in [-0.2, 0) is 0 Å². The number of likely N-dealkylation sites (N-methyl/N-ethyl adjacent to an activating group) is 1. The van der Waals surface area contributed by atoms with Crippen molar-refractivity contribution in [2.45, 2.75) is 19.9 Å². The molecule has 1 fully saturated rings. The number of nitrogens with one attached hydrogen (secondary N) is 1. The standard InChI is InChI=1S/C18H28ClN5O3/c1-13(2)17(21(3)4)12-20-18(25)23-9-7-22(8-10-23)15-6-5-14(19)11-16(15)24(26)27/h5-6,11,13,17H,7-10,12H2,1-4H3,(H,20,25). The molecule has 1 aromatic carbocycles. The van der Waals surface area contributed by atoms with Gasteiger partial charge in [-0.1, -0.05) is 25.4 Å². The van der Waals surface area contributed by atoms with Crippen molar-refractivity contribution in [1.82, 2.24) is 15.1 Å². The van der Waals surface area contributed by atoms with Crippen LogP contribution in [0.15, 0.2) is 18.2 Å². The van der Waals surface area contributed by atoms with Gasteiger partial charge in [-0.05, 0) is 32.1 Å². The van der Waals surface area contributed by atoms with Crippen LogP contribution in [-0.4, -0.2) is 73.6 Å². The highest BCUT2D eigenvalue weighted by Crippen LogP contribution is 2.31. The van der Waals surface area contributed by atoms with Crippen LogP contribution < -0.4 is 10.2 Å². The van der Waals surface area contributed by atoms with Gasteiger partial charge >= 0.3 is 6.03 Å². The van der Waals surface area contributed by atoms with Crippen molar-refractivity contribution in [3.05, 3.63) is 33.3 Å². The number of hydrogen-bond acceptors (Lipinski definition) is 5. The quantitative estimate of drug-likeness (QED) is 0.589. The third-order valence-electron chi connectivity index (χ3n) is 4.94. The smallest absolute Gasteiger partial charge is 0.317 e. The summed E-state index contributed by atoms with van der Waals surface area (Å²) in [5.41, 5.74) is 0.531. The number of nitrogens with zero attached hydrogens (tertiary/aromatic N) is 4. The number of hydrogen-bond donors (Lipinski definition) is 1. The van der Waals surface area contributed by atoms with Crippen LogP contribution in [0.25, 0.3) is 0 Å². The Hall–Kier alpha value is -2.06. The van der Waals surface area contributed by atoms with E-state index < -0.39 is 4.92 Å². The first-order chi connectivity index (χ1) is 12.7. The van der Waals surface area contributed by atoms with Crippen LogP contribution >= 0.6 is 11.6 Å². The molecule has 0 radical (unpaired) electrons. The highest BCUT2D eigenvalue weighted by atomic mass is 35.5. The van der Waals surface area contributed by atoms with E-state index in [1.165, 1.54) is 6.07 Å². The normalized spacial score (nSPS) is 16.0. The fourth-order valence-electron chi connectivity index (χ4n) is 3.38. The van der Waals surface area contributed by atoms with E-state index in [2.05, 4.69) is 24.1 Å². The molecule has 2 amide bonds. The third-order valence-corrected chi connectivity index (χ3v) is 5.17. The van der Waals surface area contributed by atoms with Gasteiger partial charge in [0.2, 0.25) is 0 Å². The second kappa shape index (κ2) is 9.23. The lowest BCUT2D eigenvalue weighted by Crippen LogP contribution is -2.54. The number of urea groups is 1. The second-order valence-electron chi connectivity index (χ2n) is 7.33. The van der Waals surface area contributed by atoms with Gasteiger partial charge in [-0.3, -0.25) is 10.1 Å². The SMILES string of the molecule is CC(C)C(CNC(=O)N1CCN(c2ccc(Cl)cc2[N+](=O)[O-])CC1)N(C)C. The first-order valence-corrected chi connectivity index (χ1v) is 9.46. The maximum absolute atomic E-state index is 12.5. The van der Waals surface area contributed by atoms with Gasteiger partial charge in [-0.2, -0.15) is 0 Å². The lowest BCUT2D eigenvalue weighted by molar-refractivity contribution is -0.384. The molecule has 0 saturated carbocycles. The largest absolute Gasteiger partial charge is 0.362 e. The summed E-state index contributed by atoms with van der Waals surface area (Å²) in [7, 11) is 4.02. The van der Waals surface area contributed by atoms with Crippen molar-refractivity contribution >= 4 is 29.0 Å². The zero-order valence-corrected chi connectivity index (χ0v) is 17.1. The molecule has 1 aliphatic rings. The summed E-state index contributed by atoms with van der Waals surface area (Å²) in [4.78, 5) is 29.1. The zero-order valence-electron chi connectivity index (χ0n) is 16.3. The molecule has 0 aromatic heterocycles. The molecule has 9 heteroatoms. The molecule has 150 valence electrons. The topological polar surface area (TPSA) is 82.0 Å². The van der Waals surface area contributed by atoms with Crippen molar-refractivity contribution in [3.8, 4) is 0 Å². The van der Waals surface area contributed by atoms with E-state index in [1.807, 2.05) is 19.0 Å². The van der Waals surface area contributed by atoms with Crippen molar-refractivity contribution in [2.24, 2.45) is 5.92 Å². The van der Waals surface area contributed by atoms with Crippen LogP contribution in [0.3, 0.4) is 0 Å². The molecule has 0 bridgehead atoms. The Morgan fingerprint density at radius 1 is 1.30 bits per heavy atom. The molecule has 8 nitrogen and oxygen atoms in total. The number of nitro groups is 1. The molecular formula is C18H28ClN5O3. The van der Waals surface area contributed by atoms with Crippen molar-refractivity contribution in [3.63, 3.8) is 0 Å². The lowest BCUT2D eigenvalue weighted by Gasteiger charge is -2.36. The van der Waals surface area contributed by atoms with Crippen molar-refractivity contribution in [1.29, 1.82) is 0 Å². The zero-order chi connectivity index (χ0) is 20.1. The van der Waals surface area contributed by atoms with E-state index in [4.69, 9.17) is 11.6 Å². The van der Waals surface area contributed by atoms with Gasteiger partial charge in [0.15, 0.2) is 0 Å². The second-order valence-corrected chi connectivity index (χ2v) is 7.76. The number of nitro benzene ring substituents is 1. The minimum atomic E-state index is -0.423. The maximum Gasteiger partial charge on any atom is 0.317 e. The Kier molecular flexibility index (Phi) is 7.26. The van der Waals surface area contributed by atoms with Crippen LogP contribution in [0.4, 0.5) is 16.2 Å². The Morgan fingerprint density at radius 2 is 1.93 bits per heavy atom. The predicted octanol–water partition coefficient (Wildman–Crippen LogP) is 2.67. The summed E-state index contributed by atoms with van der Waals surface area (Å²) in [5.74, 6) is 0.433. The summed E-state index contributed by atoms with van der Waals surface area (Å²) in [6, 6.07) is 4.86. The number of amides is 2. The molecule has 0 aliphatic carbocycles. The molecule has 1 aliphatic heterocycles. The van der Waals surface area contributed by atoms with Gasteiger partial charge in [-0.15, -0.1) is 0 Å². The van der Waals surface area contributed by atoms with E-state index in [1.54, 1.807) is 17.0 Å².